The van der Waals surface area contributed by atoms with Crippen LogP contribution in [0.3, 0.4) is 0 Å². The van der Waals surface area contributed by atoms with Crippen molar-refractivity contribution in [2.45, 2.75) is 37.7 Å². The van der Waals surface area contributed by atoms with Crippen molar-refractivity contribution in [2.24, 2.45) is 0 Å². The first-order valence-electron chi connectivity index (χ1n) is 8.92. The lowest BCUT2D eigenvalue weighted by atomic mass is 9.99. The monoisotopic (exact) mass is 372 g/mol. The van der Waals surface area contributed by atoms with Gasteiger partial charge in [0.2, 0.25) is 5.88 Å². The Labute approximate surface area is 156 Å². The molecule has 1 amide bonds. The first-order chi connectivity index (χ1) is 13.0. The van der Waals surface area contributed by atoms with Gasteiger partial charge in [0.25, 0.3) is 5.91 Å². The largest absolute Gasteiger partial charge is 0.481 e. The molecule has 27 heavy (non-hydrogen) atoms. The van der Waals surface area contributed by atoms with E-state index in [2.05, 4.69) is 10.3 Å². The van der Waals surface area contributed by atoms with Crippen LogP contribution >= 0.6 is 0 Å². The Morgan fingerprint density at radius 1 is 1.19 bits per heavy atom. The molecule has 1 heterocycles. The minimum absolute atomic E-state index is 0.111. The summed E-state index contributed by atoms with van der Waals surface area (Å²) in [5, 5.41) is 12.0. The quantitative estimate of drug-likeness (QED) is 0.779. The van der Waals surface area contributed by atoms with Crippen LogP contribution in [0.5, 0.6) is 5.88 Å². The van der Waals surface area contributed by atoms with Crippen molar-refractivity contribution in [3.63, 3.8) is 0 Å². The third kappa shape index (κ3) is 5.03. The van der Waals surface area contributed by atoms with Crippen molar-refractivity contribution in [1.29, 1.82) is 0 Å². The molecule has 2 aromatic rings. The van der Waals surface area contributed by atoms with Crippen molar-refractivity contribution in [3.8, 4) is 5.88 Å². The minimum atomic E-state index is -1.10. The third-order valence-corrected chi connectivity index (χ3v) is 4.63. The van der Waals surface area contributed by atoms with Gasteiger partial charge in [-0.05, 0) is 49.4 Å². The molecule has 3 rings (SSSR count). The molecule has 1 aliphatic rings. The summed E-state index contributed by atoms with van der Waals surface area (Å²) < 4.78 is 18.8. The molecule has 1 aromatic heterocycles. The highest BCUT2D eigenvalue weighted by molar-refractivity contribution is 5.94. The number of amides is 1. The average molecular weight is 372 g/mol. The molecule has 1 aliphatic carbocycles. The van der Waals surface area contributed by atoms with Crippen molar-refractivity contribution in [1.82, 2.24) is 10.3 Å². The van der Waals surface area contributed by atoms with Gasteiger partial charge < -0.3 is 15.2 Å². The summed E-state index contributed by atoms with van der Waals surface area (Å²) in [6.45, 7) is -0.111. The SMILES string of the molecule is O=C(NCC(C(=O)O)c1ccc(F)cc1)c1ccc(OC2CCCC2)nc1. The second-order valence-electron chi connectivity index (χ2n) is 6.56. The zero-order valence-electron chi connectivity index (χ0n) is 14.7. The van der Waals surface area contributed by atoms with Gasteiger partial charge in [0.1, 0.15) is 11.9 Å². The number of pyridine rings is 1. The summed E-state index contributed by atoms with van der Waals surface area (Å²) >= 11 is 0. The molecule has 1 atom stereocenters. The topological polar surface area (TPSA) is 88.5 Å². The lowest BCUT2D eigenvalue weighted by molar-refractivity contribution is -0.138. The first kappa shape index (κ1) is 18.8. The van der Waals surface area contributed by atoms with Crippen molar-refractivity contribution < 1.29 is 23.8 Å². The van der Waals surface area contributed by atoms with Crippen molar-refractivity contribution >= 4 is 11.9 Å². The van der Waals surface area contributed by atoms with Crippen LogP contribution in [0.1, 0.15) is 47.5 Å². The maximum atomic E-state index is 13.0. The molecule has 1 unspecified atom stereocenters. The summed E-state index contributed by atoms with van der Waals surface area (Å²) in [6.07, 6.45) is 5.94. The number of nitrogens with one attached hydrogen (secondary N) is 1. The number of carbonyl (C=O) groups is 2. The number of benzene rings is 1. The van der Waals surface area contributed by atoms with Crippen molar-refractivity contribution in [2.75, 3.05) is 6.54 Å². The van der Waals surface area contributed by atoms with Gasteiger partial charge in [0, 0.05) is 18.8 Å². The van der Waals surface area contributed by atoms with E-state index < -0.39 is 23.6 Å². The van der Waals surface area contributed by atoms with Gasteiger partial charge in [0.05, 0.1) is 11.5 Å². The fourth-order valence-electron chi connectivity index (χ4n) is 3.10. The molecule has 142 valence electrons. The molecule has 1 aromatic carbocycles. The summed E-state index contributed by atoms with van der Waals surface area (Å²) in [5.74, 6) is -2.46. The van der Waals surface area contributed by atoms with E-state index in [4.69, 9.17) is 4.74 Å². The van der Waals surface area contributed by atoms with E-state index in [-0.39, 0.29) is 12.6 Å². The molecule has 0 aliphatic heterocycles. The Kier molecular flexibility index (Phi) is 6.01. The normalized spacial score (nSPS) is 15.3. The highest BCUT2D eigenvalue weighted by atomic mass is 19.1. The number of hydrogen-bond donors (Lipinski definition) is 2. The number of aromatic nitrogens is 1. The van der Waals surface area contributed by atoms with E-state index in [0.29, 0.717) is 17.0 Å². The second-order valence-corrected chi connectivity index (χ2v) is 6.56. The van der Waals surface area contributed by atoms with E-state index >= 15 is 0 Å². The molecular weight excluding hydrogens is 351 g/mol. The molecule has 7 heteroatoms. The maximum absolute atomic E-state index is 13.0. The average Bonchev–Trinajstić information content (AvgIpc) is 3.16. The lowest BCUT2D eigenvalue weighted by Gasteiger charge is -2.14. The minimum Gasteiger partial charge on any atom is -0.481 e. The van der Waals surface area contributed by atoms with Gasteiger partial charge in [0.15, 0.2) is 0 Å². The highest BCUT2D eigenvalue weighted by Crippen LogP contribution is 2.23. The van der Waals surface area contributed by atoms with E-state index in [1.807, 2.05) is 0 Å². The summed E-state index contributed by atoms with van der Waals surface area (Å²) in [7, 11) is 0. The van der Waals surface area contributed by atoms with Crippen LogP contribution in [0.2, 0.25) is 0 Å². The molecule has 0 bridgehead atoms. The number of carboxylic acids is 1. The number of aliphatic carboxylic acids is 1. The van der Waals surface area contributed by atoms with Gasteiger partial charge in [-0.1, -0.05) is 12.1 Å². The second kappa shape index (κ2) is 8.62. The lowest BCUT2D eigenvalue weighted by Crippen LogP contribution is -2.31. The van der Waals surface area contributed by atoms with Gasteiger partial charge in [-0.15, -0.1) is 0 Å². The molecule has 0 radical (unpaired) electrons. The van der Waals surface area contributed by atoms with Crippen LogP contribution in [0.15, 0.2) is 42.6 Å². The zero-order valence-corrected chi connectivity index (χ0v) is 14.7. The Bertz CT molecular complexity index is 787. The van der Waals surface area contributed by atoms with Crippen molar-refractivity contribution in [3.05, 3.63) is 59.5 Å². The van der Waals surface area contributed by atoms with Crippen LogP contribution < -0.4 is 10.1 Å². The predicted octanol–water partition coefficient (Wildman–Crippen LogP) is 3.14. The molecular formula is C20H21FN2O4. The number of rotatable bonds is 7. The number of carboxylic acid groups (broad SMARTS) is 1. The van der Waals surface area contributed by atoms with E-state index in [9.17, 15) is 19.1 Å². The van der Waals surface area contributed by atoms with Crippen LogP contribution in [0.4, 0.5) is 4.39 Å². The number of hydrogen-bond acceptors (Lipinski definition) is 4. The van der Waals surface area contributed by atoms with Gasteiger partial charge in [-0.3, -0.25) is 9.59 Å². The third-order valence-electron chi connectivity index (χ3n) is 4.63. The van der Waals surface area contributed by atoms with Crippen LogP contribution in [0, 0.1) is 5.82 Å². The molecule has 0 saturated heterocycles. The Hall–Kier alpha value is -2.96. The Morgan fingerprint density at radius 2 is 1.89 bits per heavy atom. The van der Waals surface area contributed by atoms with Crippen LogP contribution in [-0.4, -0.2) is 34.6 Å². The number of carbonyl (C=O) groups excluding carboxylic acids is 1. The van der Waals surface area contributed by atoms with Crippen LogP contribution in [-0.2, 0) is 4.79 Å². The zero-order chi connectivity index (χ0) is 19.2. The molecule has 1 saturated carbocycles. The van der Waals surface area contributed by atoms with Gasteiger partial charge in [-0.25, -0.2) is 9.37 Å². The standard InChI is InChI=1S/C20H21FN2O4/c21-15-8-5-13(6-9-15)17(20(25)26)12-23-19(24)14-7-10-18(22-11-14)27-16-3-1-2-4-16/h5-11,16-17H,1-4,12H2,(H,23,24)(H,25,26). The predicted molar refractivity (Wildman–Crippen MR) is 96.2 cm³/mol. The van der Waals surface area contributed by atoms with Gasteiger partial charge in [-0.2, -0.15) is 0 Å². The number of ether oxygens (including phenoxy) is 1. The highest BCUT2D eigenvalue weighted by Gasteiger charge is 2.21. The first-order valence-corrected chi connectivity index (χ1v) is 8.92. The van der Waals surface area contributed by atoms with E-state index in [1.54, 1.807) is 12.1 Å². The fraction of sp³-hybridized carbons (Fsp3) is 0.350. The summed E-state index contributed by atoms with van der Waals surface area (Å²) in [6, 6.07) is 8.43. The number of nitrogens with zero attached hydrogens (tertiary/aromatic N) is 1. The maximum Gasteiger partial charge on any atom is 0.312 e. The van der Waals surface area contributed by atoms with Gasteiger partial charge >= 0.3 is 5.97 Å². The van der Waals surface area contributed by atoms with E-state index in [0.717, 1.165) is 25.7 Å². The van der Waals surface area contributed by atoms with E-state index in [1.165, 1.54) is 30.5 Å². The van der Waals surface area contributed by atoms with Crippen LogP contribution in [0.25, 0.3) is 0 Å². The fourth-order valence-corrected chi connectivity index (χ4v) is 3.10. The Morgan fingerprint density at radius 3 is 2.48 bits per heavy atom. The Balaban J connectivity index is 1.58. The number of halogens is 1. The summed E-state index contributed by atoms with van der Waals surface area (Å²) in [4.78, 5) is 27.9. The molecule has 0 spiro atoms. The molecule has 6 nitrogen and oxygen atoms in total. The molecule has 2 N–H and O–H groups in total. The summed E-state index contributed by atoms with van der Waals surface area (Å²) in [5.41, 5.74) is 0.736. The smallest absolute Gasteiger partial charge is 0.312 e. The molecule has 1 fully saturated rings.